The van der Waals surface area contributed by atoms with Gasteiger partial charge < -0.3 is 15.4 Å². The molecule has 0 bridgehead atoms. The second kappa shape index (κ2) is 8.17. The van der Waals surface area contributed by atoms with Gasteiger partial charge in [-0.2, -0.15) is 5.10 Å². The van der Waals surface area contributed by atoms with E-state index in [0.717, 1.165) is 23.4 Å². The van der Waals surface area contributed by atoms with Crippen LogP contribution in [0.25, 0.3) is 0 Å². The van der Waals surface area contributed by atoms with Gasteiger partial charge in [0.25, 0.3) is 0 Å². The molecule has 0 saturated heterocycles. The molecule has 3 aromatic rings. The number of anilines is 5. The van der Waals surface area contributed by atoms with E-state index in [2.05, 4.69) is 40.9 Å². The molecule has 1 aromatic carbocycles. The number of methoxy groups -OCH3 is 1. The molecule has 9 nitrogen and oxygen atoms in total. The molecule has 0 aliphatic carbocycles. The summed E-state index contributed by atoms with van der Waals surface area (Å²) in [4.78, 5) is 20.2. The second-order valence-electron chi connectivity index (χ2n) is 5.82. The number of benzene rings is 1. The third kappa shape index (κ3) is 4.72. The van der Waals surface area contributed by atoms with Crippen LogP contribution in [-0.4, -0.2) is 33.4 Å². The molecule has 9 heteroatoms. The fourth-order valence-electron chi connectivity index (χ4n) is 2.49. The highest BCUT2D eigenvalue weighted by atomic mass is 16.5. The number of carbonyl (C=O) groups excluding carboxylic acids is 1. The molecule has 0 aliphatic heterocycles. The number of rotatable bonds is 6. The number of nitrogens with zero attached hydrogens (tertiary/aromatic N) is 3. The third-order valence-corrected chi connectivity index (χ3v) is 3.78. The van der Waals surface area contributed by atoms with Gasteiger partial charge in [-0.05, 0) is 31.0 Å². The average Bonchev–Trinajstić information content (AvgIpc) is 3.07. The molecule has 2 aromatic heterocycles. The highest BCUT2D eigenvalue weighted by molar-refractivity contribution is 5.86. The number of hydrogen-bond donors (Lipinski definition) is 4. The maximum atomic E-state index is 11.5. The smallest absolute Gasteiger partial charge is 0.411 e. The Kier molecular flexibility index (Phi) is 5.50. The lowest BCUT2D eigenvalue weighted by Gasteiger charge is -2.13. The van der Waals surface area contributed by atoms with Crippen LogP contribution in [0.3, 0.4) is 0 Å². The van der Waals surface area contributed by atoms with Crippen molar-refractivity contribution in [1.29, 1.82) is 0 Å². The zero-order valence-electron chi connectivity index (χ0n) is 15.3. The SMILES string of the molecule is CCc1ccc(Nc2cncc(Nc3cc(C)[nH]n3)n2)cc1NC(=O)OC. The molecule has 0 aliphatic rings. The number of amides is 1. The normalized spacial score (nSPS) is 10.3. The van der Waals surface area contributed by atoms with Crippen molar-refractivity contribution in [2.75, 3.05) is 23.1 Å². The highest BCUT2D eigenvalue weighted by Crippen LogP contribution is 2.24. The van der Waals surface area contributed by atoms with E-state index in [-0.39, 0.29) is 0 Å². The quantitative estimate of drug-likeness (QED) is 0.524. The van der Waals surface area contributed by atoms with Crippen LogP contribution in [0, 0.1) is 6.92 Å². The lowest BCUT2D eigenvalue weighted by molar-refractivity contribution is 0.187. The van der Waals surface area contributed by atoms with Crippen LogP contribution in [0.15, 0.2) is 36.7 Å². The molecule has 2 heterocycles. The molecular weight excluding hydrogens is 346 g/mol. The largest absolute Gasteiger partial charge is 0.453 e. The van der Waals surface area contributed by atoms with Crippen LogP contribution in [-0.2, 0) is 11.2 Å². The fourth-order valence-corrected chi connectivity index (χ4v) is 2.49. The van der Waals surface area contributed by atoms with E-state index in [1.165, 1.54) is 7.11 Å². The van der Waals surface area contributed by atoms with Crippen LogP contribution < -0.4 is 16.0 Å². The third-order valence-electron chi connectivity index (χ3n) is 3.78. The minimum absolute atomic E-state index is 0.512. The molecule has 4 N–H and O–H groups in total. The van der Waals surface area contributed by atoms with E-state index >= 15 is 0 Å². The van der Waals surface area contributed by atoms with Crippen molar-refractivity contribution in [3.8, 4) is 0 Å². The van der Waals surface area contributed by atoms with E-state index in [1.807, 2.05) is 38.1 Å². The van der Waals surface area contributed by atoms with Crippen molar-refractivity contribution < 1.29 is 9.53 Å². The number of hydrogen-bond acceptors (Lipinski definition) is 7. The predicted molar refractivity (Wildman–Crippen MR) is 104 cm³/mol. The van der Waals surface area contributed by atoms with Crippen LogP contribution in [0.5, 0.6) is 0 Å². The van der Waals surface area contributed by atoms with E-state index in [4.69, 9.17) is 0 Å². The molecule has 0 spiro atoms. The van der Waals surface area contributed by atoms with Gasteiger partial charge in [0, 0.05) is 23.1 Å². The van der Waals surface area contributed by atoms with E-state index in [0.29, 0.717) is 23.1 Å². The minimum Gasteiger partial charge on any atom is -0.453 e. The van der Waals surface area contributed by atoms with Gasteiger partial charge >= 0.3 is 6.09 Å². The Hall–Kier alpha value is -3.62. The zero-order valence-corrected chi connectivity index (χ0v) is 15.3. The standard InChI is InChI=1S/C18H21N7O2/c1-4-12-5-6-13(8-14(12)21-18(26)27-3)20-16-9-19-10-17(23-16)22-15-7-11(2)24-25-15/h5-10H,4H2,1-3H3,(H,21,26)(H3,20,22,23,24,25). The molecule has 0 saturated carbocycles. The number of carbonyl (C=O) groups is 1. The number of nitrogens with one attached hydrogen (secondary N) is 4. The van der Waals surface area contributed by atoms with Crippen LogP contribution in [0.2, 0.25) is 0 Å². The zero-order chi connectivity index (χ0) is 19.2. The van der Waals surface area contributed by atoms with Crippen molar-refractivity contribution >= 4 is 34.9 Å². The molecule has 0 radical (unpaired) electrons. The summed E-state index contributed by atoms with van der Waals surface area (Å²) in [6.45, 7) is 3.93. The fraction of sp³-hybridized carbons (Fsp3) is 0.222. The van der Waals surface area contributed by atoms with Gasteiger partial charge in [0.2, 0.25) is 0 Å². The Morgan fingerprint density at radius 3 is 2.59 bits per heavy atom. The summed E-state index contributed by atoms with van der Waals surface area (Å²) in [5, 5.41) is 16.0. The van der Waals surface area contributed by atoms with Gasteiger partial charge in [0.05, 0.1) is 19.5 Å². The summed E-state index contributed by atoms with van der Waals surface area (Å²) in [7, 11) is 1.33. The van der Waals surface area contributed by atoms with Crippen LogP contribution >= 0.6 is 0 Å². The number of H-pyrrole nitrogens is 1. The molecular formula is C18H21N7O2. The predicted octanol–water partition coefficient (Wildman–Crippen LogP) is 3.74. The Morgan fingerprint density at radius 2 is 1.93 bits per heavy atom. The lowest BCUT2D eigenvalue weighted by atomic mass is 10.1. The minimum atomic E-state index is -0.512. The molecule has 1 amide bonds. The maximum absolute atomic E-state index is 11.5. The van der Waals surface area contributed by atoms with E-state index < -0.39 is 6.09 Å². The average molecular weight is 367 g/mol. The summed E-state index contributed by atoms with van der Waals surface area (Å²) < 4.78 is 4.68. The highest BCUT2D eigenvalue weighted by Gasteiger charge is 2.08. The van der Waals surface area contributed by atoms with Gasteiger partial charge in [0.15, 0.2) is 17.5 Å². The van der Waals surface area contributed by atoms with Crippen molar-refractivity contribution in [3.63, 3.8) is 0 Å². The molecule has 0 unspecified atom stereocenters. The number of aromatic amines is 1. The summed E-state index contributed by atoms with van der Waals surface area (Å²) >= 11 is 0. The van der Waals surface area contributed by atoms with Crippen molar-refractivity contribution in [2.24, 2.45) is 0 Å². The second-order valence-corrected chi connectivity index (χ2v) is 5.82. The Bertz CT molecular complexity index is 939. The maximum Gasteiger partial charge on any atom is 0.411 e. The summed E-state index contributed by atoms with van der Waals surface area (Å²) in [5.74, 6) is 1.78. The molecule has 27 heavy (non-hydrogen) atoms. The first-order chi connectivity index (χ1) is 13.1. The lowest BCUT2D eigenvalue weighted by Crippen LogP contribution is -2.12. The summed E-state index contributed by atoms with van der Waals surface area (Å²) in [6, 6.07) is 7.56. The number of aromatic nitrogens is 4. The van der Waals surface area contributed by atoms with E-state index in [1.54, 1.807) is 12.4 Å². The van der Waals surface area contributed by atoms with Gasteiger partial charge in [-0.25, -0.2) is 9.78 Å². The number of ether oxygens (including phenoxy) is 1. The van der Waals surface area contributed by atoms with Crippen molar-refractivity contribution in [1.82, 2.24) is 20.2 Å². The van der Waals surface area contributed by atoms with Gasteiger partial charge in [0.1, 0.15) is 0 Å². The van der Waals surface area contributed by atoms with Gasteiger partial charge in [-0.15, -0.1) is 0 Å². The number of aryl methyl sites for hydroxylation is 2. The first-order valence-electron chi connectivity index (χ1n) is 8.43. The molecule has 0 atom stereocenters. The topological polar surface area (TPSA) is 117 Å². The molecule has 3 rings (SSSR count). The Morgan fingerprint density at radius 1 is 1.15 bits per heavy atom. The Labute approximate surface area is 156 Å². The van der Waals surface area contributed by atoms with Gasteiger partial charge in [-0.3, -0.25) is 15.4 Å². The van der Waals surface area contributed by atoms with Crippen LogP contribution in [0.1, 0.15) is 18.2 Å². The van der Waals surface area contributed by atoms with Crippen molar-refractivity contribution in [3.05, 3.63) is 47.9 Å². The molecule has 140 valence electrons. The summed E-state index contributed by atoms with van der Waals surface area (Å²) in [5.41, 5.74) is 3.40. The first-order valence-corrected chi connectivity index (χ1v) is 8.43. The summed E-state index contributed by atoms with van der Waals surface area (Å²) in [6.07, 6.45) is 3.49. The van der Waals surface area contributed by atoms with Gasteiger partial charge in [-0.1, -0.05) is 13.0 Å². The van der Waals surface area contributed by atoms with E-state index in [9.17, 15) is 4.79 Å². The first kappa shape index (κ1) is 18.2. The van der Waals surface area contributed by atoms with Crippen LogP contribution in [0.4, 0.5) is 33.6 Å². The monoisotopic (exact) mass is 367 g/mol. The Balaban J connectivity index is 1.77. The molecule has 0 fully saturated rings. The van der Waals surface area contributed by atoms with Crippen molar-refractivity contribution in [2.45, 2.75) is 20.3 Å².